The highest BCUT2D eigenvalue weighted by atomic mass is 16.5. The predicted octanol–water partition coefficient (Wildman–Crippen LogP) is 3.20. The first kappa shape index (κ1) is 22.2. The fourth-order valence-corrected chi connectivity index (χ4v) is 3.21. The van der Waals surface area contributed by atoms with E-state index in [4.69, 9.17) is 9.84 Å². The predicted molar refractivity (Wildman–Crippen MR) is 120 cm³/mol. The van der Waals surface area contributed by atoms with Gasteiger partial charge in [-0.2, -0.15) is 5.10 Å². The van der Waals surface area contributed by atoms with Crippen molar-refractivity contribution in [3.05, 3.63) is 71.4 Å². The molecular formula is C24H28N4O3. The molecule has 0 fully saturated rings. The Morgan fingerprint density at radius 2 is 1.90 bits per heavy atom. The van der Waals surface area contributed by atoms with Crippen LogP contribution in [0.15, 0.2) is 54.7 Å². The van der Waals surface area contributed by atoms with Gasteiger partial charge in [0, 0.05) is 31.3 Å². The molecule has 3 aromatic rings. The Labute approximate surface area is 182 Å². The molecule has 162 valence electrons. The molecule has 1 amide bonds. The maximum Gasteiger partial charge on any atom is 0.337 e. The van der Waals surface area contributed by atoms with E-state index in [2.05, 4.69) is 5.32 Å². The minimum absolute atomic E-state index is 0.0325. The molecule has 0 saturated heterocycles. The number of hydrogen-bond acceptors (Lipinski definition) is 5. The van der Waals surface area contributed by atoms with Gasteiger partial charge < -0.3 is 15.0 Å². The van der Waals surface area contributed by atoms with E-state index in [-0.39, 0.29) is 11.9 Å². The van der Waals surface area contributed by atoms with Gasteiger partial charge >= 0.3 is 5.97 Å². The van der Waals surface area contributed by atoms with Gasteiger partial charge in [0.25, 0.3) is 0 Å². The van der Waals surface area contributed by atoms with Crippen LogP contribution >= 0.6 is 0 Å². The standard InChI is InChI=1S/C24H28N4O3/c1-17-16-28(21-10-6-9-20(14-21)24(30)31-4)26-23(17)19-8-5-7-18(13-19)15-25-22(29)11-12-27(2)3/h5-10,13-14,16H,11-12,15H2,1-4H3,(H,25,29). The van der Waals surface area contributed by atoms with Crippen molar-refractivity contribution in [1.82, 2.24) is 20.0 Å². The van der Waals surface area contributed by atoms with Gasteiger partial charge in [0.1, 0.15) is 0 Å². The van der Waals surface area contributed by atoms with Crippen molar-refractivity contribution in [2.24, 2.45) is 0 Å². The van der Waals surface area contributed by atoms with E-state index in [9.17, 15) is 9.59 Å². The summed E-state index contributed by atoms with van der Waals surface area (Å²) in [7, 11) is 5.26. The number of esters is 1. The van der Waals surface area contributed by atoms with E-state index in [0.717, 1.165) is 34.6 Å². The Kier molecular flexibility index (Phi) is 7.20. The molecule has 0 spiro atoms. The number of nitrogens with zero attached hydrogens (tertiary/aromatic N) is 3. The van der Waals surface area contributed by atoms with Crippen LogP contribution in [-0.2, 0) is 16.1 Å². The van der Waals surface area contributed by atoms with Crippen LogP contribution in [-0.4, -0.2) is 54.3 Å². The molecule has 0 radical (unpaired) electrons. The van der Waals surface area contributed by atoms with Crippen LogP contribution in [0.2, 0.25) is 0 Å². The fourth-order valence-electron chi connectivity index (χ4n) is 3.21. The Hall–Kier alpha value is -3.45. The van der Waals surface area contributed by atoms with Crippen molar-refractivity contribution in [2.45, 2.75) is 19.9 Å². The van der Waals surface area contributed by atoms with Gasteiger partial charge in [-0.15, -0.1) is 0 Å². The number of amides is 1. The number of ether oxygens (including phenoxy) is 1. The Morgan fingerprint density at radius 1 is 1.13 bits per heavy atom. The summed E-state index contributed by atoms with van der Waals surface area (Å²) >= 11 is 0. The molecule has 7 nitrogen and oxygen atoms in total. The molecule has 0 aliphatic rings. The first-order valence-electron chi connectivity index (χ1n) is 10.1. The highest BCUT2D eigenvalue weighted by molar-refractivity contribution is 5.89. The number of rotatable bonds is 8. The Balaban J connectivity index is 1.77. The number of nitrogens with one attached hydrogen (secondary N) is 1. The first-order valence-corrected chi connectivity index (χ1v) is 10.1. The molecule has 2 aromatic carbocycles. The molecule has 31 heavy (non-hydrogen) atoms. The van der Waals surface area contributed by atoms with E-state index in [0.29, 0.717) is 18.5 Å². The second-order valence-corrected chi connectivity index (χ2v) is 7.68. The first-order chi connectivity index (χ1) is 14.9. The van der Waals surface area contributed by atoms with Crippen LogP contribution < -0.4 is 5.32 Å². The molecule has 7 heteroatoms. The minimum Gasteiger partial charge on any atom is -0.465 e. The van der Waals surface area contributed by atoms with Gasteiger partial charge in [0.2, 0.25) is 5.91 Å². The van der Waals surface area contributed by atoms with Gasteiger partial charge in [0.05, 0.1) is 24.1 Å². The number of carbonyl (C=O) groups is 2. The molecule has 3 rings (SSSR count). The van der Waals surface area contributed by atoms with Crippen molar-refractivity contribution < 1.29 is 14.3 Å². The molecular weight excluding hydrogens is 392 g/mol. The summed E-state index contributed by atoms with van der Waals surface area (Å²) in [4.78, 5) is 25.8. The molecule has 1 heterocycles. The fraction of sp³-hybridized carbons (Fsp3) is 0.292. The van der Waals surface area contributed by atoms with Gasteiger partial charge in [-0.25, -0.2) is 9.48 Å². The zero-order chi connectivity index (χ0) is 22.4. The van der Waals surface area contributed by atoms with Crippen molar-refractivity contribution in [1.29, 1.82) is 0 Å². The summed E-state index contributed by atoms with van der Waals surface area (Å²) in [6.07, 6.45) is 2.41. The number of carbonyl (C=O) groups excluding carboxylic acids is 2. The van der Waals surface area contributed by atoms with Crippen LogP contribution in [0.3, 0.4) is 0 Å². The lowest BCUT2D eigenvalue weighted by Crippen LogP contribution is -2.26. The van der Waals surface area contributed by atoms with Crippen LogP contribution in [0.25, 0.3) is 16.9 Å². The third kappa shape index (κ3) is 5.79. The molecule has 0 saturated carbocycles. The van der Waals surface area contributed by atoms with Crippen molar-refractivity contribution in [3.8, 4) is 16.9 Å². The molecule has 1 N–H and O–H groups in total. The van der Waals surface area contributed by atoms with E-state index < -0.39 is 0 Å². The van der Waals surface area contributed by atoms with Gasteiger partial charge in [0.15, 0.2) is 0 Å². The number of benzene rings is 2. The average Bonchev–Trinajstić information content (AvgIpc) is 3.17. The summed E-state index contributed by atoms with van der Waals surface area (Å²) in [6, 6.07) is 15.2. The van der Waals surface area contributed by atoms with Crippen molar-refractivity contribution >= 4 is 11.9 Å². The van der Waals surface area contributed by atoms with Gasteiger partial charge in [-0.3, -0.25) is 4.79 Å². The monoisotopic (exact) mass is 420 g/mol. The summed E-state index contributed by atoms with van der Waals surface area (Å²) in [5.41, 5.74) is 5.10. The topological polar surface area (TPSA) is 76.5 Å². The maximum atomic E-state index is 12.0. The number of aromatic nitrogens is 2. The summed E-state index contributed by atoms with van der Waals surface area (Å²) in [5, 5.41) is 7.70. The number of hydrogen-bond donors (Lipinski definition) is 1. The molecule has 1 aromatic heterocycles. The summed E-state index contributed by atoms with van der Waals surface area (Å²) < 4.78 is 6.56. The van der Waals surface area contributed by atoms with Crippen LogP contribution in [0.1, 0.15) is 27.9 Å². The van der Waals surface area contributed by atoms with Crippen molar-refractivity contribution in [3.63, 3.8) is 0 Å². The second kappa shape index (κ2) is 10.0. The van der Waals surface area contributed by atoms with E-state index >= 15 is 0 Å². The smallest absolute Gasteiger partial charge is 0.337 e. The molecule has 0 unspecified atom stereocenters. The maximum absolute atomic E-state index is 12.0. The van der Waals surface area contributed by atoms with Crippen LogP contribution in [0.5, 0.6) is 0 Å². The molecule has 0 aliphatic heterocycles. The molecule has 0 aliphatic carbocycles. The number of methoxy groups -OCH3 is 1. The minimum atomic E-state index is -0.383. The van der Waals surface area contributed by atoms with Gasteiger partial charge in [-0.1, -0.05) is 24.3 Å². The van der Waals surface area contributed by atoms with Crippen LogP contribution in [0, 0.1) is 6.92 Å². The quantitative estimate of drug-likeness (QED) is 0.567. The van der Waals surface area contributed by atoms with Crippen molar-refractivity contribution in [2.75, 3.05) is 27.7 Å². The number of aryl methyl sites for hydroxylation is 1. The summed E-state index contributed by atoms with van der Waals surface area (Å²) in [6.45, 7) is 3.19. The summed E-state index contributed by atoms with van der Waals surface area (Å²) in [5.74, 6) is -0.351. The third-order valence-electron chi connectivity index (χ3n) is 4.91. The Morgan fingerprint density at radius 3 is 2.65 bits per heavy atom. The third-order valence-corrected chi connectivity index (χ3v) is 4.91. The zero-order valence-corrected chi connectivity index (χ0v) is 18.4. The van der Waals surface area contributed by atoms with Gasteiger partial charge in [-0.05, 0) is 56.4 Å². The normalized spacial score (nSPS) is 10.9. The lowest BCUT2D eigenvalue weighted by atomic mass is 10.1. The van der Waals surface area contributed by atoms with E-state index in [1.54, 1.807) is 22.9 Å². The molecule has 0 bridgehead atoms. The lowest BCUT2D eigenvalue weighted by molar-refractivity contribution is -0.121. The Bertz CT molecular complexity index is 1070. The largest absolute Gasteiger partial charge is 0.465 e. The van der Waals surface area contributed by atoms with E-state index in [1.807, 2.05) is 62.4 Å². The SMILES string of the molecule is COC(=O)c1cccc(-n2cc(C)c(-c3cccc(CNC(=O)CCN(C)C)c3)n2)c1. The lowest BCUT2D eigenvalue weighted by Gasteiger charge is -2.10. The zero-order valence-electron chi connectivity index (χ0n) is 18.4. The highest BCUT2D eigenvalue weighted by Gasteiger charge is 2.12. The van der Waals surface area contributed by atoms with E-state index in [1.165, 1.54) is 7.11 Å². The average molecular weight is 421 g/mol. The second-order valence-electron chi connectivity index (χ2n) is 7.68. The van der Waals surface area contributed by atoms with Crippen LogP contribution in [0.4, 0.5) is 0 Å². The molecule has 0 atom stereocenters. The highest BCUT2D eigenvalue weighted by Crippen LogP contribution is 2.24.